The number of para-hydroxylation sites is 1. The molecule has 3 aromatic rings. The third-order valence-corrected chi connectivity index (χ3v) is 5.52. The van der Waals surface area contributed by atoms with E-state index in [9.17, 15) is 10.2 Å². The highest BCUT2D eigenvalue weighted by molar-refractivity contribution is 6.30. The number of aromatic hydroxyl groups is 2. The molecule has 0 saturated carbocycles. The van der Waals surface area contributed by atoms with Crippen LogP contribution in [0, 0.1) is 0 Å². The van der Waals surface area contributed by atoms with Gasteiger partial charge in [-0.2, -0.15) is 0 Å². The average molecular weight is 440 g/mol. The molecule has 0 amide bonds. The van der Waals surface area contributed by atoms with Crippen molar-refractivity contribution in [2.45, 2.75) is 64.7 Å². The van der Waals surface area contributed by atoms with Crippen LogP contribution >= 0.6 is 11.6 Å². The smallest absolute Gasteiger partial charge is 0.167 e. The highest BCUT2D eigenvalue weighted by Crippen LogP contribution is 2.32. The molecule has 31 heavy (non-hydrogen) atoms. The fraction of sp³-hybridized carbons (Fsp3) is 0.400. The standard InChI is InChI=1S/C25H30ClN3O2/c1-2-3-4-5-6-7-8-9-14-23-27-24(19-12-10-11-13-21(19)30)29-25(28-23)20-17-18(26)15-16-22(20)31/h10-13,15-17,30-31H,2-9,14H2,1H3. The number of halogens is 1. The fourth-order valence-corrected chi connectivity index (χ4v) is 3.71. The van der Waals surface area contributed by atoms with Gasteiger partial charge in [-0.1, -0.05) is 75.6 Å². The SMILES string of the molecule is CCCCCCCCCCc1nc(-c2ccccc2O)nc(-c2cc(Cl)ccc2O)n1. The topological polar surface area (TPSA) is 79.1 Å². The molecule has 0 unspecified atom stereocenters. The molecule has 1 heterocycles. The van der Waals surface area contributed by atoms with Crippen LogP contribution in [0.5, 0.6) is 11.5 Å². The Bertz CT molecular complexity index is 994. The summed E-state index contributed by atoms with van der Waals surface area (Å²) in [5.41, 5.74) is 0.980. The molecule has 0 aliphatic rings. The minimum atomic E-state index is 0.0527. The van der Waals surface area contributed by atoms with Gasteiger partial charge < -0.3 is 10.2 Å². The third kappa shape index (κ3) is 6.66. The van der Waals surface area contributed by atoms with Crippen molar-refractivity contribution in [3.05, 3.63) is 53.3 Å². The highest BCUT2D eigenvalue weighted by atomic mass is 35.5. The van der Waals surface area contributed by atoms with Crippen LogP contribution in [0.25, 0.3) is 22.8 Å². The summed E-state index contributed by atoms with van der Waals surface area (Å²) in [6.07, 6.45) is 10.5. The summed E-state index contributed by atoms with van der Waals surface area (Å²) in [6.45, 7) is 2.23. The van der Waals surface area contributed by atoms with Crippen molar-refractivity contribution in [3.63, 3.8) is 0 Å². The minimum absolute atomic E-state index is 0.0527. The van der Waals surface area contributed by atoms with Crippen molar-refractivity contribution in [2.24, 2.45) is 0 Å². The molecule has 1 aromatic heterocycles. The van der Waals surface area contributed by atoms with Gasteiger partial charge in [-0.05, 0) is 36.8 Å². The first-order chi connectivity index (χ1) is 15.1. The molecule has 0 aliphatic carbocycles. The number of hydrogen-bond acceptors (Lipinski definition) is 5. The molecule has 6 heteroatoms. The normalized spacial score (nSPS) is 11.0. The number of phenols is 2. The summed E-state index contributed by atoms with van der Waals surface area (Å²) in [7, 11) is 0. The maximum Gasteiger partial charge on any atom is 0.167 e. The number of aromatic nitrogens is 3. The predicted molar refractivity (Wildman–Crippen MR) is 125 cm³/mol. The number of aryl methyl sites for hydroxylation is 1. The Morgan fingerprint density at radius 3 is 2.03 bits per heavy atom. The molecule has 3 rings (SSSR count). The van der Waals surface area contributed by atoms with E-state index in [1.54, 1.807) is 30.3 Å². The van der Waals surface area contributed by atoms with Gasteiger partial charge >= 0.3 is 0 Å². The summed E-state index contributed by atoms with van der Waals surface area (Å²) in [5, 5.41) is 21.1. The Morgan fingerprint density at radius 2 is 1.32 bits per heavy atom. The molecule has 0 radical (unpaired) electrons. The van der Waals surface area contributed by atoms with Crippen molar-refractivity contribution in [1.82, 2.24) is 15.0 Å². The molecule has 2 aromatic carbocycles. The molecule has 0 fully saturated rings. The zero-order valence-electron chi connectivity index (χ0n) is 18.0. The number of unbranched alkanes of at least 4 members (excludes halogenated alkanes) is 7. The van der Waals surface area contributed by atoms with E-state index >= 15 is 0 Å². The molecule has 2 N–H and O–H groups in total. The maximum absolute atomic E-state index is 10.3. The van der Waals surface area contributed by atoms with Gasteiger partial charge in [0.05, 0.1) is 11.1 Å². The minimum Gasteiger partial charge on any atom is -0.507 e. The molecule has 0 bridgehead atoms. The summed E-state index contributed by atoms with van der Waals surface area (Å²) >= 11 is 6.13. The number of nitrogens with zero attached hydrogens (tertiary/aromatic N) is 3. The van der Waals surface area contributed by atoms with E-state index < -0.39 is 0 Å². The molecule has 0 saturated heterocycles. The van der Waals surface area contributed by atoms with Gasteiger partial charge in [0, 0.05) is 11.4 Å². The Hall–Kier alpha value is -2.66. The van der Waals surface area contributed by atoms with E-state index in [0.29, 0.717) is 40.0 Å². The fourth-order valence-electron chi connectivity index (χ4n) is 3.54. The Kier molecular flexibility index (Phi) is 8.65. The molecule has 164 valence electrons. The van der Waals surface area contributed by atoms with Crippen LogP contribution in [0.2, 0.25) is 5.02 Å². The second-order valence-corrected chi connectivity index (χ2v) is 8.24. The largest absolute Gasteiger partial charge is 0.507 e. The average Bonchev–Trinajstić information content (AvgIpc) is 2.77. The van der Waals surface area contributed by atoms with E-state index in [1.165, 1.54) is 44.6 Å². The van der Waals surface area contributed by atoms with Crippen molar-refractivity contribution in [1.29, 1.82) is 0 Å². The van der Waals surface area contributed by atoms with Crippen molar-refractivity contribution >= 4 is 11.6 Å². The van der Waals surface area contributed by atoms with E-state index in [4.69, 9.17) is 11.6 Å². The number of phenolic OH excluding ortho intramolecular Hbond substituents is 2. The van der Waals surface area contributed by atoms with Crippen molar-refractivity contribution in [2.75, 3.05) is 0 Å². The quantitative estimate of drug-likeness (QED) is 0.316. The summed E-state index contributed by atoms with van der Waals surface area (Å²) < 4.78 is 0. The Morgan fingerprint density at radius 1 is 0.710 bits per heavy atom. The van der Waals surface area contributed by atoms with Crippen molar-refractivity contribution < 1.29 is 10.2 Å². The number of hydrogen-bond donors (Lipinski definition) is 2. The first kappa shape index (κ1) is 23.0. The summed E-state index contributed by atoms with van der Waals surface area (Å²) in [5.74, 6) is 1.54. The highest BCUT2D eigenvalue weighted by Gasteiger charge is 2.15. The molecular formula is C25H30ClN3O2. The lowest BCUT2D eigenvalue weighted by molar-refractivity contribution is 0.476. The van der Waals surface area contributed by atoms with Gasteiger partial charge in [0.1, 0.15) is 17.3 Å². The summed E-state index contributed by atoms with van der Waals surface area (Å²) in [4.78, 5) is 13.7. The monoisotopic (exact) mass is 439 g/mol. The lowest BCUT2D eigenvalue weighted by Crippen LogP contribution is -2.03. The molecule has 0 atom stereocenters. The van der Waals surface area contributed by atoms with Crippen LogP contribution in [0.3, 0.4) is 0 Å². The first-order valence-electron chi connectivity index (χ1n) is 11.1. The van der Waals surface area contributed by atoms with E-state index in [0.717, 1.165) is 12.8 Å². The second-order valence-electron chi connectivity index (χ2n) is 7.80. The molecular weight excluding hydrogens is 410 g/mol. The van der Waals surface area contributed by atoms with E-state index in [-0.39, 0.29) is 11.5 Å². The van der Waals surface area contributed by atoms with Gasteiger partial charge in [-0.3, -0.25) is 0 Å². The van der Waals surface area contributed by atoms with Gasteiger partial charge in [-0.25, -0.2) is 15.0 Å². The lowest BCUT2D eigenvalue weighted by Gasteiger charge is -2.10. The Labute approximate surface area is 189 Å². The molecule has 5 nitrogen and oxygen atoms in total. The van der Waals surface area contributed by atoms with Gasteiger partial charge in [0.25, 0.3) is 0 Å². The van der Waals surface area contributed by atoms with Gasteiger partial charge in [0.15, 0.2) is 11.6 Å². The van der Waals surface area contributed by atoms with Crippen LogP contribution in [0.4, 0.5) is 0 Å². The lowest BCUT2D eigenvalue weighted by atomic mass is 10.1. The van der Waals surface area contributed by atoms with Crippen LogP contribution in [-0.4, -0.2) is 25.2 Å². The van der Waals surface area contributed by atoms with Crippen LogP contribution < -0.4 is 0 Å². The van der Waals surface area contributed by atoms with Crippen LogP contribution in [0.1, 0.15) is 64.1 Å². The van der Waals surface area contributed by atoms with E-state index in [1.807, 2.05) is 6.07 Å². The summed E-state index contributed by atoms with van der Waals surface area (Å²) in [6, 6.07) is 11.7. The second kappa shape index (κ2) is 11.7. The van der Waals surface area contributed by atoms with E-state index in [2.05, 4.69) is 21.9 Å². The predicted octanol–water partition coefficient (Wildman–Crippen LogP) is 6.95. The molecule has 0 spiro atoms. The first-order valence-corrected chi connectivity index (χ1v) is 11.5. The zero-order valence-corrected chi connectivity index (χ0v) is 18.8. The number of benzene rings is 2. The maximum atomic E-state index is 10.3. The van der Waals surface area contributed by atoms with Crippen LogP contribution in [0.15, 0.2) is 42.5 Å². The van der Waals surface area contributed by atoms with Crippen molar-refractivity contribution in [3.8, 4) is 34.3 Å². The Balaban J connectivity index is 1.79. The number of rotatable bonds is 11. The van der Waals surface area contributed by atoms with Gasteiger partial charge in [0.2, 0.25) is 0 Å². The third-order valence-electron chi connectivity index (χ3n) is 5.28. The molecule has 0 aliphatic heterocycles. The van der Waals surface area contributed by atoms with Crippen LogP contribution in [-0.2, 0) is 6.42 Å². The van der Waals surface area contributed by atoms with Gasteiger partial charge in [-0.15, -0.1) is 0 Å². The zero-order chi connectivity index (χ0) is 22.1.